The molecule has 0 fully saturated rings. The second kappa shape index (κ2) is 50.9. The molecule has 0 spiro atoms. The Bertz CT molecular complexity index is 989. The molecule has 0 aromatic carbocycles. The summed E-state index contributed by atoms with van der Waals surface area (Å²) in [5.41, 5.74) is 0. The molecule has 0 saturated heterocycles. The first-order valence-corrected chi connectivity index (χ1v) is 27.0. The number of aliphatic hydroxyl groups excluding tert-OH is 3. The van der Waals surface area contributed by atoms with E-state index in [-0.39, 0.29) is 6.61 Å². The minimum atomic E-state index is -1.11. The van der Waals surface area contributed by atoms with Gasteiger partial charge in [0.15, 0.2) is 0 Å². The minimum absolute atomic E-state index is 0.379. The fourth-order valence-electron chi connectivity index (χ4n) is 8.17. The molecule has 3 unspecified atom stereocenters. The Labute approximate surface area is 380 Å². The number of carbonyl (C=O) groups excluding carboxylic acids is 1. The normalized spacial score (nSPS) is 13.7. The van der Waals surface area contributed by atoms with E-state index in [1.165, 1.54) is 212 Å². The number of hydrogen-bond donors (Lipinski definition) is 4. The van der Waals surface area contributed by atoms with E-state index in [0.717, 1.165) is 44.9 Å². The van der Waals surface area contributed by atoms with Crippen molar-refractivity contribution < 1.29 is 20.1 Å². The van der Waals surface area contributed by atoms with Crippen LogP contribution < -0.4 is 5.32 Å². The zero-order valence-corrected chi connectivity index (χ0v) is 40.8. The summed E-state index contributed by atoms with van der Waals surface area (Å²) in [6, 6.07) is -0.819. The Hall–Kier alpha value is -1.69. The Kier molecular flexibility index (Phi) is 49.5. The van der Waals surface area contributed by atoms with Crippen LogP contribution in [0.2, 0.25) is 0 Å². The number of hydrogen-bond acceptors (Lipinski definition) is 4. The predicted molar refractivity (Wildman–Crippen MR) is 268 cm³/mol. The van der Waals surface area contributed by atoms with E-state index < -0.39 is 24.2 Å². The van der Waals surface area contributed by atoms with Crippen LogP contribution >= 0.6 is 0 Å². The van der Waals surface area contributed by atoms with Gasteiger partial charge in [0.2, 0.25) is 5.91 Å². The van der Waals surface area contributed by atoms with Gasteiger partial charge in [0.25, 0.3) is 0 Å². The average molecular weight is 856 g/mol. The van der Waals surface area contributed by atoms with Crippen molar-refractivity contribution in [2.75, 3.05) is 6.61 Å². The van der Waals surface area contributed by atoms with Gasteiger partial charge in [-0.05, 0) is 64.2 Å². The van der Waals surface area contributed by atoms with Gasteiger partial charge in [-0.25, -0.2) is 0 Å². The summed E-state index contributed by atoms with van der Waals surface area (Å²) in [5.74, 6) is -0.516. The molecule has 0 heterocycles. The van der Waals surface area contributed by atoms with Crippen LogP contribution in [0.1, 0.15) is 277 Å². The molecule has 61 heavy (non-hydrogen) atoms. The molecule has 1 amide bonds. The Balaban J connectivity index is 3.66. The summed E-state index contributed by atoms with van der Waals surface area (Å²) in [6.45, 7) is 4.19. The van der Waals surface area contributed by atoms with Crippen LogP contribution in [0, 0.1) is 0 Å². The minimum Gasteiger partial charge on any atom is -0.394 e. The first-order valence-electron chi connectivity index (χ1n) is 27.0. The first-order chi connectivity index (χ1) is 30.1. The smallest absolute Gasteiger partial charge is 0.249 e. The molecule has 0 aliphatic heterocycles. The molecule has 0 aliphatic rings. The first kappa shape index (κ1) is 59.3. The highest BCUT2D eigenvalue weighted by molar-refractivity contribution is 5.80. The summed E-state index contributed by atoms with van der Waals surface area (Å²) in [6.07, 6.45) is 67.5. The third kappa shape index (κ3) is 46.1. The lowest BCUT2D eigenvalue weighted by molar-refractivity contribution is -0.131. The lowest BCUT2D eigenvalue weighted by Gasteiger charge is -2.21. The van der Waals surface area contributed by atoms with Crippen molar-refractivity contribution in [3.05, 3.63) is 48.6 Å². The summed E-state index contributed by atoms with van der Waals surface area (Å²) in [7, 11) is 0. The number of unbranched alkanes of at least 4 members (excludes halogenated alkanes) is 35. The Morgan fingerprint density at radius 3 is 1.10 bits per heavy atom. The largest absolute Gasteiger partial charge is 0.394 e. The number of amides is 1. The molecule has 5 heteroatoms. The van der Waals surface area contributed by atoms with Crippen LogP contribution in [0.25, 0.3) is 0 Å². The predicted octanol–water partition coefficient (Wildman–Crippen LogP) is 16.4. The van der Waals surface area contributed by atoms with Crippen molar-refractivity contribution in [2.24, 2.45) is 0 Å². The molecule has 0 aliphatic carbocycles. The van der Waals surface area contributed by atoms with Gasteiger partial charge < -0.3 is 20.6 Å². The summed E-state index contributed by atoms with van der Waals surface area (Å²) < 4.78 is 0. The molecular weight excluding hydrogens is 751 g/mol. The van der Waals surface area contributed by atoms with E-state index in [1.807, 2.05) is 6.08 Å². The molecule has 0 bridgehead atoms. The van der Waals surface area contributed by atoms with Crippen LogP contribution in [0.4, 0.5) is 0 Å². The van der Waals surface area contributed by atoms with E-state index in [9.17, 15) is 20.1 Å². The highest BCUT2D eigenvalue weighted by atomic mass is 16.3. The third-order valence-electron chi connectivity index (χ3n) is 12.4. The maximum absolute atomic E-state index is 12.5. The number of allylic oxidation sites excluding steroid dienone is 7. The number of nitrogens with one attached hydrogen (secondary N) is 1. The molecule has 0 saturated carbocycles. The van der Waals surface area contributed by atoms with E-state index in [1.54, 1.807) is 6.08 Å². The summed E-state index contributed by atoms with van der Waals surface area (Å²) >= 11 is 0. The van der Waals surface area contributed by atoms with Crippen molar-refractivity contribution in [3.8, 4) is 0 Å². The van der Waals surface area contributed by atoms with Crippen LogP contribution in [-0.4, -0.2) is 46.1 Å². The van der Waals surface area contributed by atoms with Crippen molar-refractivity contribution in [2.45, 2.75) is 295 Å². The number of rotatable bonds is 49. The molecule has 5 nitrogen and oxygen atoms in total. The molecule has 4 N–H and O–H groups in total. The van der Waals surface area contributed by atoms with E-state index in [2.05, 4.69) is 55.6 Å². The highest BCUT2D eigenvalue weighted by Gasteiger charge is 2.22. The van der Waals surface area contributed by atoms with Gasteiger partial charge in [0.05, 0.1) is 18.8 Å². The standard InChI is InChI=1S/C56H105NO4/c1-3-5-7-9-11-13-15-17-19-21-23-25-27-29-31-33-35-37-39-41-43-45-47-49-51-55(60)56(61)57-53(52-58)54(59)50-48-46-44-42-40-38-36-34-32-30-28-26-24-22-20-18-16-14-12-10-8-6-4-2/h23,25,29,31,40,42,48,50,53-55,58-60H,3-22,24,26-28,30,32-39,41,43-47,49,51-52H2,1-2H3,(H,57,61)/b25-23-,31-29-,42-40+,50-48+. The fourth-order valence-corrected chi connectivity index (χ4v) is 8.17. The van der Waals surface area contributed by atoms with Gasteiger partial charge in [0.1, 0.15) is 6.10 Å². The zero-order valence-electron chi connectivity index (χ0n) is 40.8. The van der Waals surface area contributed by atoms with Crippen molar-refractivity contribution in [1.82, 2.24) is 5.32 Å². The summed E-state index contributed by atoms with van der Waals surface area (Å²) in [5, 5.41) is 33.3. The molecule has 358 valence electrons. The maximum atomic E-state index is 12.5. The molecule has 0 aromatic rings. The van der Waals surface area contributed by atoms with E-state index >= 15 is 0 Å². The van der Waals surface area contributed by atoms with Crippen LogP contribution in [0.5, 0.6) is 0 Å². The topological polar surface area (TPSA) is 89.8 Å². The zero-order chi connectivity index (χ0) is 44.4. The van der Waals surface area contributed by atoms with Gasteiger partial charge in [0, 0.05) is 0 Å². The lowest BCUT2D eigenvalue weighted by atomic mass is 10.0. The SMILES string of the molecule is CCCCCCCCCCC/C=C\C/C=C\CCCCCCCCCCC(O)C(=O)NC(CO)C(O)/C=C/CC/C=C/CCCCCCCCCCCCCCCCCCC. The van der Waals surface area contributed by atoms with E-state index in [4.69, 9.17) is 0 Å². The molecule has 0 aromatic heterocycles. The van der Waals surface area contributed by atoms with Crippen LogP contribution in [0.3, 0.4) is 0 Å². The van der Waals surface area contributed by atoms with E-state index in [0.29, 0.717) is 6.42 Å². The second-order valence-corrected chi connectivity index (χ2v) is 18.4. The fraction of sp³-hybridized carbons (Fsp3) is 0.839. The van der Waals surface area contributed by atoms with Gasteiger partial charge in [-0.3, -0.25) is 4.79 Å². The quantitative estimate of drug-likeness (QED) is 0.0362. The summed E-state index contributed by atoms with van der Waals surface area (Å²) in [4.78, 5) is 12.5. The van der Waals surface area contributed by atoms with Gasteiger partial charge in [-0.1, -0.05) is 262 Å². The molecule has 3 atom stereocenters. The number of carbonyl (C=O) groups is 1. The van der Waals surface area contributed by atoms with Gasteiger partial charge >= 0.3 is 0 Å². The number of aliphatic hydroxyl groups is 3. The molecule has 0 radical (unpaired) electrons. The van der Waals surface area contributed by atoms with Crippen molar-refractivity contribution >= 4 is 5.91 Å². The lowest BCUT2D eigenvalue weighted by Crippen LogP contribution is -2.48. The second-order valence-electron chi connectivity index (χ2n) is 18.4. The average Bonchev–Trinajstić information content (AvgIpc) is 3.26. The highest BCUT2D eigenvalue weighted by Crippen LogP contribution is 2.16. The van der Waals surface area contributed by atoms with Crippen molar-refractivity contribution in [3.63, 3.8) is 0 Å². The van der Waals surface area contributed by atoms with Crippen LogP contribution in [-0.2, 0) is 4.79 Å². The monoisotopic (exact) mass is 856 g/mol. The van der Waals surface area contributed by atoms with Crippen molar-refractivity contribution in [1.29, 1.82) is 0 Å². The maximum Gasteiger partial charge on any atom is 0.249 e. The third-order valence-corrected chi connectivity index (χ3v) is 12.4. The van der Waals surface area contributed by atoms with Gasteiger partial charge in [-0.15, -0.1) is 0 Å². The molecule has 0 rings (SSSR count). The van der Waals surface area contributed by atoms with Gasteiger partial charge in [-0.2, -0.15) is 0 Å². The molecular formula is C56H105NO4. The Morgan fingerprint density at radius 2 is 0.721 bits per heavy atom. The Morgan fingerprint density at radius 1 is 0.410 bits per heavy atom. The van der Waals surface area contributed by atoms with Crippen LogP contribution in [0.15, 0.2) is 48.6 Å².